The normalized spacial score (nSPS) is 13.5. The monoisotopic (exact) mass is 202 g/mol. The quantitative estimate of drug-likeness (QED) is 0.632. The van der Waals surface area contributed by atoms with Crippen LogP contribution in [0.2, 0.25) is 0 Å². The lowest BCUT2D eigenvalue weighted by Gasteiger charge is -2.00. The second-order valence-corrected chi connectivity index (χ2v) is 3.24. The number of benzene rings is 1. The molecule has 0 radical (unpaired) electrons. The lowest BCUT2D eigenvalue weighted by atomic mass is 10.1. The van der Waals surface area contributed by atoms with Crippen molar-refractivity contribution in [1.29, 1.82) is 0 Å². The zero-order valence-corrected chi connectivity index (χ0v) is 9.07. The molecule has 0 aliphatic rings. The van der Waals surface area contributed by atoms with Crippen molar-refractivity contribution in [1.82, 2.24) is 0 Å². The van der Waals surface area contributed by atoms with Gasteiger partial charge in [-0.3, -0.25) is 0 Å². The molecule has 0 aliphatic carbocycles. The minimum atomic E-state index is -0.187. The van der Waals surface area contributed by atoms with Gasteiger partial charge in [0.25, 0.3) is 0 Å². The Morgan fingerprint density at radius 3 is 2.33 bits per heavy atom. The molecule has 0 aliphatic heterocycles. The zero-order valence-electron chi connectivity index (χ0n) is 9.07. The Bertz CT molecular complexity index is 379. The van der Waals surface area contributed by atoms with Gasteiger partial charge in [0.2, 0.25) is 0 Å². The van der Waals surface area contributed by atoms with Crippen LogP contribution in [0.15, 0.2) is 60.5 Å². The molecule has 1 aromatic rings. The van der Waals surface area contributed by atoms with E-state index in [0.717, 1.165) is 11.1 Å². The fraction of sp³-hybridized carbons (Fsp3) is 0.143. The Morgan fingerprint density at radius 1 is 1.13 bits per heavy atom. The van der Waals surface area contributed by atoms with E-state index < -0.39 is 0 Å². The lowest BCUT2D eigenvalue weighted by molar-refractivity contribution is 0.641. The highest BCUT2D eigenvalue weighted by atomic mass is 19.1. The van der Waals surface area contributed by atoms with E-state index in [-0.39, 0.29) is 5.83 Å². The maximum atomic E-state index is 12.6. The van der Waals surface area contributed by atoms with Crippen molar-refractivity contribution >= 4 is 5.57 Å². The van der Waals surface area contributed by atoms with Crippen molar-refractivity contribution in [2.45, 2.75) is 13.8 Å². The molecule has 0 fully saturated rings. The van der Waals surface area contributed by atoms with Crippen molar-refractivity contribution in [3.8, 4) is 0 Å². The van der Waals surface area contributed by atoms with Crippen molar-refractivity contribution < 1.29 is 4.39 Å². The number of rotatable bonds is 3. The Balaban J connectivity index is 3.04. The molecule has 15 heavy (non-hydrogen) atoms. The Labute approximate surface area is 90.4 Å². The third-order valence-electron chi connectivity index (χ3n) is 1.95. The standard InChI is InChI=1S/C14H15F/c1-3-7-13(11-10-12(2)15)14-8-5-4-6-9-14/h3-11H,1-2H3/b7-3+,12-10+,13-11+. The molecule has 0 unspecified atom stereocenters. The van der Waals surface area contributed by atoms with Gasteiger partial charge in [-0.15, -0.1) is 0 Å². The number of hydrogen-bond donors (Lipinski definition) is 0. The van der Waals surface area contributed by atoms with Gasteiger partial charge in [-0.05, 0) is 31.1 Å². The van der Waals surface area contributed by atoms with Gasteiger partial charge in [0.05, 0.1) is 5.83 Å². The molecule has 0 N–H and O–H groups in total. The Hall–Kier alpha value is -1.63. The van der Waals surface area contributed by atoms with Crippen molar-refractivity contribution in [2.24, 2.45) is 0 Å². The first-order valence-corrected chi connectivity index (χ1v) is 4.96. The largest absolute Gasteiger partial charge is 0.212 e. The molecule has 0 saturated heterocycles. The number of hydrogen-bond acceptors (Lipinski definition) is 0. The molecule has 0 atom stereocenters. The summed E-state index contributed by atoms with van der Waals surface area (Å²) in [6.45, 7) is 3.39. The first-order chi connectivity index (χ1) is 7.24. The summed E-state index contributed by atoms with van der Waals surface area (Å²) in [5.41, 5.74) is 2.10. The molecular formula is C14H15F. The van der Waals surface area contributed by atoms with Gasteiger partial charge in [-0.2, -0.15) is 0 Å². The summed E-state index contributed by atoms with van der Waals surface area (Å²) < 4.78 is 12.6. The minimum Gasteiger partial charge on any atom is -0.212 e. The third-order valence-corrected chi connectivity index (χ3v) is 1.95. The van der Waals surface area contributed by atoms with Crippen LogP contribution in [-0.2, 0) is 0 Å². The predicted octanol–water partition coefficient (Wildman–Crippen LogP) is 4.52. The van der Waals surface area contributed by atoms with Crippen LogP contribution >= 0.6 is 0 Å². The molecule has 0 nitrogen and oxygen atoms in total. The summed E-state index contributed by atoms with van der Waals surface area (Å²) in [5, 5.41) is 0. The molecule has 0 bridgehead atoms. The highest BCUT2D eigenvalue weighted by molar-refractivity contribution is 5.75. The van der Waals surface area contributed by atoms with Crippen LogP contribution in [0.4, 0.5) is 4.39 Å². The van der Waals surface area contributed by atoms with Crippen LogP contribution in [0.25, 0.3) is 5.57 Å². The molecule has 0 amide bonds. The first-order valence-electron chi connectivity index (χ1n) is 4.96. The van der Waals surface area contributed by atoms with Gasteiger partial charge in [-0.25, -0.2) is 4.39 Å². The van der Waals surface area contributed by atoms with E-state index in [2.05, 4.69) is 0 Å². The van der Waals surface area contributed by atoms with Crippen LogP contribution < -0.4 is 0 Å². The Morgan fingerprint density at radius 2 is 1.80 bits per heavy atom. The zero-order chi connectivity index (χ0) is 11.1. The Kier molecular flexibility index (Phi) is 4.55. The summed E-state index contributed by atoms with van der Waals surface area (Å²) >= 11 is 0. The van der Waals surface area contributed by atoms with Crippen LogP contribution in [0.1, 0.15) is 19.4 Å². The van der Waals surface area contributed by atoms with E-state index >= 15 is 0 Å². The van der Waals surface area contributed by atoms with Gasteiger partial charge in [0, 0.05) is 0 Å². The van der Waals surface area contributed by atoms with E-state index in [9.17, 15) is 4.39 Å². The molecule has 0 saturated carbocycles. The van der Waals surface area contributed by atoms with E-state index in [1.54, 1.807) is 6.08 Å². The van der Waals surface area contributed by atoms with E-state index in [1.165, 1.54) is 13.0 Å². The number of halogens is 1. The summed E-state index contributed by atoms with van der Waals surface area (Å²) in [5.74, 6) is -0.187. The van der Waals surface area contributed by atoms with Gasteiger partial charge in [0.1, 0.15) is 0 Å². The van der Waals surface area contributed by atoms with E-state index in [4.69, 9.17) is 0 Å². The average molecular weight is 202 g/mol. The molecule has 78 valence electrons. The van der Waals surface area contributed by atoms with Gasteiger partial charge in [-0.1, -0.05) is 48.6 Å². The van der Waals surface area contributed by atoms with Gasteiger partial charge in [0.15, 0.2) is 0 Å². The fourth-order valence-corrected chi connectivity index (χ4v) is 1.26. The third kappa shape index (κ3) is 3.94. The topological polar surface area (TPSA) is 0 Å². The maximum absolute atomic E-state index is 12.6. The first kappa shape index (κ1) is 11.4. The predicted molar refractivity (Wildman–Crippen MR) is 64.1 cm³/mol. The molecular weight excluding hydrogens is 187 g/mol. The van der Waals surface area contributed by atoms with Crippen LogP contribution in [0, 0.1) is 0 Å². The second kappa shape index (κ2) is 5.97. The highest BCUT2D eigenvalue weighted by Crippen LogP contribution is 2.16. The summed E-state index contributed by atoms with van der Waals surface area (Å²) in [4.78, 5) is 0. The molecule has 0 spiro atoms. The maximum Gasteiger partial charge on any atom is 0.0968 e. The second-order valence-electron chi connectivity index (χ2n) is 3.24. The number of allylic oxidation sites excluding steroid dienone is 6. The van der Waals surface area contributed by atoms with Crippen molar-refractivity contribution in [3.63, 3.8) is 0 Å². The van der Waals surface area contributed by atoms with Crippen LogP contribution in [0.5, 0.6) is 0 Å². The van der Waals surface area contributed by atoms with Gasteiger partial charge >= 0.3 is 0 Å². The van der Waals surface area contributed by atoms with Crippen molar-refractivity contribution in [3.05, 3.63) is 66.0 Å². The lowest BCUT2D eigenvalue weighted by Crippen LogP contribution is -1.79. The molecule has 1 aromatic carbocycles. The summed E-state index contributed by atoms with van der Waals surface area (Å²) in [6.07, 6.45) is 7.17. The van der Waals surface area contributed by atoms with Crippen LogP contribution in [-0.4, -0.2) is 0 Å². The summed E-state index contributed by atoms with van der Waals surface area (Å²) in [7, 11) is 0. The van der Waals surface area contributed by atoms with E-state index in [1.807, 2.05) is 49.4 Å². The molecule has 1 rings (SSSR count). The molecule has 0 aromatic heterocycles. The summed E-state index contributed by atoms with van der Waals surface area (Å²) in [6, 6.07) is 9.92. The SMILES string of the molecule is C/C=C/C(=C\C=C(/C)F)c1ccccc1. The fourth-order valence-electron chi connectivity index (χ4n) is 1.26. The van der Waals surface area contributed by atoms with Crippen LogP contribution in [0.3, 0.4) is 0 Å². The van der Waals surface area contributed by atoms with Crippen molar-refractivity contribution in [2.75, 3.05) is 0 Å². The van der Waals surface area contributed by atoms with Gasteiger partial charge < -0.3 is 0 Å². The molecule has 0 heterocycles. The average Bonchev–Trinajstić information content (AvgIpc) is 2.25. The van der Waals surface area contributed by atoms with E-state index in [0.29, 0.717) is 0 Å². The minimum absolute atomic E-state index is 0.187. The molecule has 1 heteroatoms. The smallest absolute Gasteiger partial charge is 0.0968 e. The highest BCUT2D eigenvalue weighted by Gasteiger charge is 1.94.